The minimum absolute atomic E-state index is 0.352. The predicted molar refractivity (Wildman–Crippen MR) is 82.1 cm³/mol. The van der Waals surface area contributed by atoms with Crippen LogP contribution in [0.4, 0.5) is 0 Å². The minimum Gasteiger partial charge on any atom is -0.491 e. The molecule has 3 nitrogen and oxygen atoms in total. The Kier molecular flexibility index (Phi) is 6.09. The molecule has 0 saturated carbocycles. The van der Waals surface area contributed by atoms with Gasteiger partial charge in [0.25, 0.3) is 0 Å². The fourth-order valence-corrected chi connectivity index (χ4v) is 2.65. The summed E-state index contributed by atoms with van der Waals surface area (Å²) in [6, 6.07) is 7.94. The number of aliphatic hydroxyl groups excluding tert-OH is 1. The third kappa shape index (κ3) is 4.66. The summed E-state index contributed by atoms with van der Waals surface area (Å²) in [5, 5.41) is 10.1. The van der Waals surface area contributed by atoms with Crippen molar-refractivity contribution >= 4 is 0 Å². The highest BCUT2D eigenvalue weighted by Gasteiger charge is 2.15. The molecular weight excluding hydrogens is 250 g/mol. The molecule has 1 aliphatic heterocycles. The average molecular weight is 275 g/mol. The maximum atomic E-state index is 10.1. The number of rotatable bonds is 7. The third-order valence-electron chi connectivity index (χ3n) is 3.69. The second-order valence-corrected chi connectivity index (χ2v) is 5.43. The van der Waals surface area contributed by atoms with Gasteiger partial charge >= 0.3 is 0 Å². The lowest BCUT2D eigenvalue weighted by Gasteiger charge is -2.28. The van der Waals surface area contributed by atoms with E-state index in [1.807, 2.05) is 30.3 Å². The largest absolute Gasteiger partial charge is 0.491 e. The second kappa shape index (κ2) is 8.08. The van der Waals surface area contributed by atoms with Crippen LogP contribution in [-0.4, -0.2) is 42.4 Å². The number of nitrogens with zero attached hydrogens (tertiary/aromatic N) is 1. The van der Waals surface area contributed by atoms with Crippen LogP contribution in [0.3, 0.4) is 0 Å². The van der Waals surface area contributed by atoms with Gasteiger partial charge in [0, 0.05) is 6.54 Å². The van der Waals surface area contributed by atoms with Crippen LogP contribution in [0.15, 0.2) is 36.9 Å². The fourth-order valence-electron chi connectivity index (χ4n) is 2.65. The Hall–Kier alpha value is -1.32. The lowest BCUT2D eigenvalue weighted by atomic mass is 10.1. The highest BCUT2D eigenvalue weighted by molar-refractivity contribution is 5.34. The molecule has 110 valence electrons. The summed E-state index contributed by atoms with van der Waals surface area (Å²) in [6.45, 7) is 7.02. The molecule has 2 rings (SSSR count). The van der Waals surface area contributed by atoms with Gasteiger partial charge in [-0.25, -0.2) is 0 Å². The molecule has 0 radical (unpaired) electrons. The zero-order chi connectivity index (χ0) is 14.2. The van der Waals surface area contributed by atoms with Crippen molar-refractivity contribution in [2.24, 2.45) is 0 Å². The Morgan fingerprint density at radius 3 is 2.75 bits per heavy atom. The van der Waals surface area contributed by atoms with Crippen molar-refractivity contribution in [1.82, 2.24) is 4.90 Å². The molecule has 1 heterocycles. The van der Waals surface area contributed by atoms with E-state index in [0.29, 0.717) is 13.2 Å². The number of hydrogen-bond donors (Lipinski definition) is 1. The van der Waals surface area contributed by atoms with Gasteiger partial charge in [-0.1, -0.05) is 30.7 Å². The molecular formula is C17H25NO2. The first-order chi connectivity index (χ1) is 9.79. The summed E-state index contributed by atoms with van der Waals surface area (Å²) in [5.41, 5.74) is 1.12. The van der Waals surface area contributed by atoms with Gasteiger partial charge in [0.1, 0.15) is 18.5 Å². The summed E-state index contributed by atoms with van der Waals surface area (Å²) in [5.74, 6) is 0.852. The maximum Gasteiger partial charge on any atom is 0.122 e. The van der Waals surface area contributed by atoms with E-state index in [1.165, 1.54) is 19.3 Å². The van der Waals surface area contributed by atoms with Gasteiger partial charge in [-0.2, -0.15) is 0 Å². The summed E-state index contributed by atoms with van der Waals surface area (Å²) in [6.07, 6.45) is 6.04. The van der Waals surface area contributed by atoms with E-state index < -0.39 is 6.10 Å². The quantitative estimate of drug-likeness (QED) is 0.777. The van der Waals surface area contributed by atoms with Crippen LogP contribution < -0.4 is 4.74 Å². The molecule has 3 heteroatoms. The average Bonchev–Trinajstić information content (AvgIpc) is 2.48. The normalized spacial score (nSPS) is 17.6. The van der Waals surface area contributed by atoms with Crippen LogP contribution >= 0.6 is 0 Å². The number of aliphatic hydroxyl groups is 1. The van der Waals surface area contributed by atoms with Gasteiger partial charge in [-0.05, 0) is 44.0 Å². The van der Waals surface area contributed by atoms with Crippen LogP contribution in [-0.2, 0) is 6.42 Å². The Bertz CT molecular complexity index is 413. The molecule has 0 unspecified atom stereocenters. The Balaban J connectivity index is 1.80. The van der Waals surface area contributed by atoms with E-state index in [-0.39, 0.29) is 0 Å². The molecule has 1 aromatic rings. The third-order valence-corrected chi connectivity index (χ3v) is 3.69. The molecule has 1 N–H and O–H groups in total. The number of piperidine rings is 1. The predicted octanol–water partition coefficient (Wildman–Crippen LogP) is 2.64. The van der Waals surface area contributed by atoms with E-state index >= 15 is 0 Å². The molecule has 0 spiro atoms. The number of likely N-dealkylation sites (tertiary alicyclic amines) is 1. The Labute approximate surface area is 121 Å². The van der Waals surface area contributed by atoms with Crippen molar-refractivity contribution in [2.45, 2.75) is 31.8 Å². The van der Waals surface area contributed by atoms with Crippen molar-refractivity contribution in [3.8, 4) is 5.75 Å². The number of ether oxygens (including phenoxy) is 1. The smallest absolute Gasteiger partial charge is 0.122 e. The first-order valence-corrected chi connectivity index (χ1v) is 7.51. The van der Waals surface area contributed by atoms with Gasteiger partial charge in [-0.15, -0.1) is 6.58 Å². The van der Waals surface area contributed by atoms with Crippen molar-refractivity contribution in [3.05, 3.63) is 42.5 Å². The lowest BCUT2D eigenvalue weighted by molar-refractivity contribution is 0.0614. The summed E-state index contributed by atoms with van der Waals surface area (Å²) >= 11 is 0. The highest BCUT2D eigenvalue weighted by Crippen LogP contribution is 2.19. The standard InChI is InChI=1S/C17H25NO2/c1-2-8-15-9-4-5-10-17(15)20-14-16(19)13-18-11-6-3-7-12-18/h2,4-5,9-10,16,19H,1,3,6-8,11-14H2/t16-/m1/s1. The van der Waals surface area contributed by atoms with Gasteiger partial charge in [0.2, 0.25) is 0 Å². The SMILES string of the molecule is C=CCc1ccccc1OC[C@H](O)CN1CCCCC1. The van der Waals surface area contributed by atoms with E-state index in [4.69, 9.17) is 4.74 Å². The first kappa shape index (κ1) is 15.1. The topological polar surface area (TPSA) is 32.7 Å². The van der Waals surface area contributed by atoms with Crippen LogP contribution in [0, 0.1) is 0 Å². The van der Waals surface area contributed by atoms with Crippen molar-refractivity contribution < 1.29 is 9.84 Å². The molecule has 1 fully saturated rings. The number of para-hydroxylation sites is 1. The monoisotopic (exact) mass is 275 g/mol. The fraction of sp³-hybridized carbons (Fsp3) is 0.529. The molecule has 20 heavy (non-hydrogen) atoms. The molecule has 1 aliphatic rings. The first-order valence-electron chi connectivity index (χ1n) is 7.51. The molecule has 0 aromatic heterocycles. The summed E-state index contributed by atoms with van der Waals surface area (Å²) in [4.78, 5) is 2.33. The van der Waals surface area contributed by atoms with Gasteiger partial charge in [0.05, 0.1) is 0 Å². The van der Waals surface area contributed by atoms with Crippen LogP contribution in [0.25, 0.3) is 0 Å². The molecule has 0 bridgehead atoms. The van der Waals surface area contributed by atoms with Crippen molar-refractivity contribution in [2.75, 3.05) is 26.2 Å². The van der Waals surface area contributed by atoms with E-state index in [1.54, 1.807) is 0 Å². The van der Waals surface area contributed by atoms with Crippen LogP contribution in [0.1, 0.15) is 24.8 Å². The number of allylic oxidation sites excluding steroid dienone is 1. The molecule has 1 atom stereocenters. The second-order valence-electron chi connectivity index (χ2n) is 5.43. The van der Waals surface area contributed by atoms with E-state index in [0.717, 1.165) is 30.8 Å². The zero-order valence-corrected chi connectivity index (χ0v) is 12.1. The van der Waals surface area contributed by atoms with Crippen LogP contribution in [0.2, 0.25) is 0 Å². The maximum absolute atomic E-state index is 10.1. The summed E-state index contributed by atoms with van der Waals surface area (Å²) < 4.78 is 5.77. The van der Waals surface area contributed by atoms with Gasteiger partial charge < -0.3 is 14.7 Å². The van der Waals surface area contributed by atoms with E-state index in [9.17, 15) is 5.11 Å². The lowest BCUT2D eigenvalue weighted by Crippen LogP contribution is -2.38. The van der Waals surface area contributed by atoms with Crippen molar-refractivity contribution in [1.29, 1.82) is 0 Å². The van der Waals surface area contributed by atoms with Gasteiger partial charge in [-0.3, -0.25) is 0 Å². The summed E-state index contributed by atoms with van der Waals surface area (Å²) in [7, 11) is 0. The number of benzene rings is 1. The Morgan fingerprint density at radius 2 is 2.00 bits per heavy atom. The Morgan fingerprint density at radius 1 is 1.25 bits per heavy atom. The van der Waals surface area contributed by atoms with E-state index in [2.05, 4.69) is 11.5 Å². The minimum atomic E-state index is -0.426. The van der Waals surface area contributed by atoms with Gasteiger partial charge in [0.15, 0.2) is 0 Å². The molecule has 1 aromatic carbocycles. The zero-order valence-electron chi connectivity index (χ0n) is 12.1. The van der Waals surface area contributed by atoms with Crippen molar-refractivity contribution in [3.63, 3.8) is 0 Å². The highest BCUT2D eigenvalue weighted by atomic mass is 16.5. The van der Waals surface area contributed by atoms with Crippen LogP contribution in [0.5, 0.6) is 5.75 Å². The number of β-amino-alcohol motifs (C(OH)–C–C–N with tert-alkyl or cyclic N) is 1. The number of hydrogen-bond acceptors (Lipinski definition) is 3. The molecule has 0 aliphatic carbocycles. The molecule has 1 saturated heterocycles. The molecule has 0 amide bonds.